The molecule has 0 bridgehead atoms. The molecule has 0 fully saturated rings. The normalized spacial score (nSPS) is 12.3. The Bertz CT molecular complexity index is 1050. The molecular weight excluding hydrogens is 385 g/mol. The highest BCUT2D eigenvalue weighted by atomic mass is 19.4. The quantitative estimate of drug-likeness (QED) is 0.680. The zero-order chi connectivity index (χ0) is 21.0. The minimum Gasteiger partial charge on any atom is -0.497 e. The monoisotopic (exact) mass is 402 g/mol. The first-order chi connectivity index (χ1) is 13.8. The van der Waals surface area contributed by atoms with Gasteiger partial charge >= 0.3 is 6.18 Å². The number of ether oxygens (including phenoxy) is 1. The average Bonchev–Trinajstić information content (AvgIpc) is 2.72. The van der Waals surface area contributed by atoms with Crippen LogP contribution in [0.4, 0.5) is 13.2 Å². The third-order valence-electron chi connectivity index (χ3n) is 4.32. The number of hydrogen-bond acceptors (Lipinski definition) is 3. The number of benzene rings is 2. The van der Waals surface area contributed by atoms with Crippen LogP contribution in [-0.2, 0) is 6.18 Å². The van der Waals surface area contributed by atoms with Crippen LogP contribution in [0.2, 0.25) is 0 Å². The first-order valence-electron chi connectivity index (χ1n) is 8.60. The SMILES string of the molecule is COc1ccc(C(NC(=O)c2ccc(C(F)(F)F)[nH]c2=O)c2ccccc2)cc1. The van der Waals surface area contributed by atoms with E-state index in [9.17, 15) is 22.8 Å². The zero-order valence-corrected chi connectivity index (χ0v) is 15.3. The van der Waals surface area contributed by atoms with Crippen LogP contribution in [0, 0.1) is 0 Å². The molecule has 2 aromatic carbocycles. The van der Waals surface area contributed by atoms with Gasteiger partial charge in [0.25, 0.3) is 11.5 Å². The van der Waals surface area contributed by atoms with Crippen molar-refractivity contribution in [3.05, 3.63) is 99.5 Å². The molecule has 8 heteroatoms. The molecule has 150 valence electrons. The summed E-state index contributed by atoms with van der Waals surface area (Å²) < 4.78 is 43.3. The van der Waals surface area contributed by atoms with Crippen molar-refractivity contribution in [3.63, 3.8) is 0 Å². The van der Waals surface area contributed by atoms with Gasteiger partial charge < -0.3 is 15.0 Å². The molecule has 1 heterocycles. The number of carbonyl (C=O) groups is 1. The van der Waals surface area contributed by atoms with Crippen LogP contribution in [0.15, 0.2) is 71.5 Å². The van der Waals surface area contributed by atoms with E-state index >= 15 is 0 Å². The molecule has 1 unspecified atom stereocenters. The topological polar surface area (TPSA) is 71.2 Å². The molecule has 0 aliphatic heterocycles. The number of rotatable bonds is 5. The number of methoxy groups -OCH3 is 1. The van der Waals surface area contributed by atoms with Crippen LogP contribution in [0.25, 0.3) is 0 Å². The third kappa shape index (κ3) is 4.66. The van der Waals surface area contributed by atoms with Gasteiger partial charge in [-0.2, -0.15) is 13.2 Å². The lowest BCUT2D eigenvalue weighted by molar-refractivity contribution is -0.141. The summed E-state index contributed by atoms with van der Waals surface area (Å²) in [6.45, 7) is 0. The number of nitrogens with one attached hydrogen (secondary N) is 2. The summed E-state index contributed by atoms with van der Waals surface area (Å²) in [4.78, 5) is 26.4. The Labute approximate surface area is 164 Å². The van der Waals surface area contributed by atoms with E-state index in [1.807, 2.05) is 6.07 Å². The molecule has 5 nitrogen and oxygen atoms in total. The summed E-state index contributed by atoms with van der Waals surface area (Å²) in [6, 6.07) is 16.9. The highest BCUT2D eigenvalue weighted by molar-refractivity contribution is 5.94. The van der Waals surface area contributed by atoms with Crippen molar-refractivity contribution in [2.75, 3.05) is 7.11 Å². The van der Waals surface area contributed by atoms with Gasteiger partial charge in [-0.05, 0) is 35.4 Å². The predicted molar refractivity (Wildman–Crippen MR) is 101 cm³/mol. The van der Waals surface area contributed by atoms with Gasteiger partial charge in [-0.3, -0.25) is 9.59 Å². The van der Waals surface area contributed by atoms with Crippen molar-refractivity contribution in [1.82, 2.24) is 10.3 Å². The maximum atomic E-state index is 12.7. The van der Waals surface area contributed by atoms with E-state index in [4.69, 9.17) is 4.74 Å². The van der Waals surface area contributed by atoms with Crippen LogP contribution < -0.4 is 15.6 Å². The molecule has 0 spiro atoms. The van der Waals surface area contributed by atoms with Gasteiger partial charge in [-0.1, -0.05) is 42.5 Å². The second-order valence-electron chi connectivity index (χ2n) is 6.20. The standard InChI is InChI=1S/C21H17F3N2O3/c1-29-15-9-7-14(8-10-15)18(13-5-3-2-4-6-13)26-20(28)16-11-12-17(21(22,23)24)25-19(16)27/h2-12,18H,1H3,(H,25,27)(H,26,28). The second kappa shape index (κ2) is 8.22. The molecule has 0 aliphatic carbocycles. The number of aromatic amines is 1. The molecule has 29 heavy (non-hydrogen) atoms. The highest BCUT2D eigenvalue weighted by Gasteiger charge is 2.32. The van der Waals surface area contributed by atoms with Crippen LogP contribution in [0.1, 0.15) is 33.2 Å². The lowest BCUT2D eigenvalue weighted by atomic mass is 9.98. The van der Waals surface area contributed by atoms with Crippen molar-refractivity contribution in [3.8, 4) is 5.75 Å². The van der Waals surface area contributed by atoms with Crippen LogP contribution in [-0.4, -0.2) is 18.0 Å². The Kier molecular flexibility index (Phi) is 5.72. The summed E-state index contributed by atoms with van der Waals surface area (Å²) in [5, 5.41) is 2.72. The van der Waals surface area contributed by atoms with Gasteiger partial charge in [0, 0.05) is 0 Å². The molecule has 3 aromatic rings. The van der Waals surface area contributed by atoms with Gasteiger partial charge in [-0.15, -0.1) is 0 Å². The first-order valence-corrected chi connectivity index (χ1v) is 8.60. The van der Waals surface area contributed by atoms with Crippen molar-refractivity contribution in [1.29, 1.82) is 0 Å². The van der Waals surface area contributed by atoms with Crippen molar-refractivity contribution in [2.45, 2.75) is 12.2 Å². The van der Waals surface area contributed by atoms with Crippen molar-refractivity contribution in [2.24, 2.45) is 0 Å². The van der Waals surface area contributed by atoms with E-state index in [0.717, 1.165) is 11.6 Å². The Morgan fingerprint density at radius 2 is 1.59 bits per heavy atom. The summed E-state index contributed by atoms with van der Waals surface area (Å²) in [5.74, 6) is -0.157. The fourth-order valence-electron chi connectivity index (χ4n) is 2.83. The maximum Gasteiger partial charge on any atom is 0.431 e. The largest absolute Gasteiger partial charge is 0.497 e. The van der Waals surface area contributed by atoms with E-state index in [-0.39, 0.29) is 0 Å². The molecule has 1 amide bonds. The molecule has 0 saturated heterocycles. The fraction of sp³-hybridized carbons (Fsp3) is 0.143. The lowest BCUT2D eigenvalue weighted by Gasteiger charge is -2.20. The van der Waals surface area contributed by atoms with Crippen molar-refractivity contribution < 1.29 is 22.7 Å². The Balaban J connectivity index is 1.93. The summed E-state index contributed by atoms with van der Waals surface area (Å²) in [5.41, 5.74) is -1.27. The summed E-state index contributed by atoms with van der Waals surface area (Å²) >= 11 is 0. The van der Waals surface area contributed by atoms with Gasteiger partial charge in [0.15, 0.2) is 0 Å². The molecule has 3 rings (SSSR count). The summed E-state index contributed by atoms with van der Waals surface area (Å²) in [6.07, 6.45) is -4.70. The van der Waals surface area contributed by atoms with Gasteiger partial charge in [0.2, 0.25) is 0 Å². The van der Waals surface area contributed by atoms with Crippen molar-refractivity contribution >= 4 is 5.91 Å². The van der Waals surface area contributed by atoms with Crippen LogP contribution >= 0.6 is 0 Å². The average molecular weight is 402 g/mol. The van der Waals surface area contributed by atoms with Gasteiger partial charge in [-0.25, -0.2) is 0 Å². The number of pyridine rings is 1. The molecule has 2 N–H and O–H groups in total. The molecule has 1 atom stereocenters. The van der Waals surface area contributed by atoms with E-state index in [0.29, 0.717) is 17.4 Å². The van der Waals surface area contributed by atoms with Gasteiger partial charge in [0.05, 0.1) is 13.2 Å². The Morgan fingerprint density at radius 3 is 2.14 bits per heavy atom. The highest BCUT2D eigenvalue weighted by Crippen LogP contribution is 2.27. The predicted octanol–water partition coefficient (Wildman–Crippen LogP) is 3.92. The molecule has 0 saturated carbocycles. The minimum atomic E-state index is -4.70. The first kappa shape index (κ1) is 20.2. The molecule has 0 radical (unpaired) electrons. The smallest absolute Gasteiger partial charge is 0.431 e. The van der Waals surface area contributed by atoms with E-state index in [2.05, 4.69) is 5.32 Å². The Hall–Kier alpha value is -3.55. The number of carbonyl (C=O) groups excluding carboxylic acids is 1. The van der Waals surface area contributed by atoms with E-state index in [1.54, 1.807) is 53.5 Å². The number of amides is 1. The number of aromatic nitrogens is 1. The minimum absolute atomic E-state index is 0.410. The number of H-pyrrole nitrogens is 1. The lowest BCUT2D eigenvalue weighted by Crippen LogP contribution is -2.34. The maximum absolute atomic E-state index is 12.7. The van der Waals surface area contributed by atoms with Crippen LogP contribution in [0.5, 0.6) is 5.75 Å². The zero-order valence-electron chi connectivity index (χ0n) is 15.3. The Morgan fingerprint density at radius 1 is 0.966 bits per heavy atom. The summed E-state index contributed by atoms with van der Waals surface area (Å²) in [7, 11) is 1.53. The third-order valence-corrected chi connectivity index (χ3v) is 4.32. The van der Waals surface area contributed by atoms with Crippen LogP contribution in [0.3, 0.4) is 0 Å². The molecular formula is C21H17F3N2O3. The number of halogens is 3. The molecule has 0 aliphatic rings. The number of hydrogen-bond donors (Lipinski definition) is 2. The second-order valence-corrected chi connectivity index (χ2v) is 6.20. The van der Waals surface area contributed by atoms with E-state index < -0.39 is 34.9 Å². The van der Waals surface area contributed by atoms with E-state index in [1.165, 1.54) is 7.11 Å². The van der Waals surface area contributed by atoms with Gasteiger partial charge in [0.1, 0.15) is 17.0 Å². The molecule has 1 aromatic heterocycles. The fourth-order valence-corrected chi connectivity index (χ4v) is 2.83. The number of alkyl halides is 3.